The Morgan fingerprint density at radius 2 is 1.48 bits per heavy atom. The predicted molar refractivity (Wildman–Crippen MR) is 96.9 cm³/mol. The molecule has 0 saturated carbocycles. The highest BCUT2D eigenvalue weighted by atomic mass is 16.4. The van der Waals surface area contributed by atoms with Gasteiger partial charge in [0.05, 0.1) is 6.42 Å². The number of nitrogens with one attached hydrogen (secondary N) is 1. The molecule has 2 aromatic rings. The van der Waals surface area contributed by atoms with E-state index in [9.17, 15) is 9.59 Å². The molecular formula is C20H24N2O3. The summed E-state index contributed by atoms with van der Waals surface area (Å²) in [4.78, 5) is 24.9. The van der Waals surface area contributed by atoms with Crippen molar-refractivity contribution in [3.63, 3.8) is 0 Å². The van der Waals surface area contributed by atoms with E-state index in [1.165, 1.54) is 5.56 Å². The Balaban J connectivity index is 1.82. The molecule has 0 fully saturated rings. The summed E-state index contributed by atoms with van der Waals surface area (Å²) < 4.78 is 0. The summed E-state index contributed by atoms with van der Waals surface area (Å²) >= 11 is 0. The number of benzene rings is 2. The third kappa shape index (κ3) is 7.18. The molecule has 1 amide bonds. The van der Waals surface area contributed by atoms with Gasteiger partial charge < -0.3 is 15.3 Å². The molecule has 5 heteroatoms. The molecule has 0 spiro atoms. The second kappa shape index (κ2) is 10.3. The summed E-state index contributed by atoms with van der Waals surface area (Å²) in [6, 6.07) is 19.6. The number of amides is 1. The van der Waals surface area contributed by atoms with Gasteiger partial charge in [-0.3, -0.25) is 9.59 Å². The van der Waals surface area contributed by atoms with Crippen LogP contribution in [-0.2, 0) is 22.7 Å². The zero-order valence-corrected chi connectivity index (χ0v) is 14.2. The van der Waals surface area contributed by atoms with Crippen molar-refractivity contribution < 1.29 is 14.7 Å². The highest BCUT2D eigenvalue weighted by Crippen LogP contribution is 2.07. The quantitative estimate of drug-likeness (QED) is 0.653. The zero-order chi connectivity index (χ0) is 17.9. The molecule has 0 saturated heterocycles. The average Bonchev–Trinajstić information content (AvgIpc) is 2.63. The number of carboxylic acid groups (broad SMARTS) is 1. The number of hydrogen-bond acceptors (Lipinski definition) is 3. The second-order valence-corrected chi connectivity index (χ2v) is 5.86. The van der Waals surface area contributed by atoms with Crippen molar-refractivity contribution in [2.24, 2.45) is 0 Å². The highest BCUT2D eigenvalue weighted by molar-refractivity contribution is 5.77. The van der Waals surface area contributed by atoms with Crippen LogP contribution in [0, 0.1) is 0 Å². The lowest BCUT2D eigenvalue weighted by atomic mass is 10.2. The van der Waals surface area contributed by atoms with Crippen LogP contribution in [0.15, 0.2) is 60.7 Å². The molecule has 0 radical (unpaired) electrons. The maximum absolute atomic E-state index is 12.5. The first-order valence-corrected chi connectivity index (χ1v) is 8.43. The van der Waals surface area contributed by atoms with E-state index in [0.29, 0.717) is 26.1 Å². The number of carbonyl (C=O) groups excluding carboxylic acids is 1. The van der Waals surface area contributed by atoms with Gasteiger partial charge in [-0.2, -0.15) is 0 Å². The van der Waals surface area contributed by atoms with Gasteiger partial charge in [-0.15, -0.1) is 0 Å². The number of rotatable bonds is 10. The van der Waals surface area contributed by atoms with Gasteiger partial charge >= 0.3 is 5.97 Å². The molecule has 2 aromatic carbocycles. The summed E-state index contributed by atoms with van der Waals surface area (Å²) in [7, 11) is 0. The summed E-state index contributed by atoms with van der Waals surface area (Å²) in [5, 5.41) is 12.2. The standard InChI is InChI=1S/C20H24N2O3/c23-19(11-13-21-15-17-7-3-1-4-8-17)22(14-12-20(24)25)16-18-9-5-2-6-10-18/h1-10,21H,11-16H2,(H,24,25). The van der Waals surface area contributed by atoms with Crippen LogP contribution in [0.1, 0.15) is 24.0 Å². The lowest BCUT2D eigenvalue weighted by molar-refractivity contribution is -0.138. The average molecular weight is 340 g/mol. The SMILES string of the molecule is O=C(O)CCN(Cc1ccccc1)C(=O)CCNCc1ccccc1. The van der Waals surface area contributed by atoms with Crippen molar-refractivity contribution in [2.75, 3.05) is 13.1 Å². The number of nitrogens with zero attached hydrogens (tertiary/aromatic N) is 1. The van der Waals surface area contributed by atoms with Gasteiger partial charge in [-0.1, -0.05) is 60.7 Å². The van der Waals surface area contributed by atoms with E-state index < -0.39 is 5.97 Å². The van der Waals surface area contributed by atoms with Crippen LogP contribution in [0.4, 0.5) is 0 Å². The lowest BCUT2D eigenvalue weighted by Gasteiger charge is -2.22. The molecule has 0 unspecified atom stereocenters. The van der Waals surface area contributed by atoms with Gasteiger partial charge in [-0.05, 0) is 11.1 Å². The van der Waals surface area contributed by atoms with Gasteiger partial charge in [-0.25, -0.2) is 0 Å². The monoisotopic (exact) mass is 340 g/mol. The minimum Gasteiger partial charge on any atom is -0.481 e. The zero-order valence-electron chi connectivity index (χ0n) is 14.2. The largest absolute Gasteiger partial charge is 0.481 e. The first-order valence-electron chi connectivity index (χ1n) is 8.43. The van der Waals surface area contributed by atoms with Gasteiger partial charge in [0.2, 0.25) is 5.91 Å². The third-order valence-corrected chi connectivity index (χ3v) is 3.85. The summed E-state index contributed by atoms with van der Waals surface area (Å²) in [6.07, 6.45) is 0.301. The van der Waals surface area contributed by atoms with Crippen molar-refractivity contribution in [1.82, 2.24) is 10.2 Å². The Bertz CT molecular complexity index is 659. The van der Waals surface area contributed by atoms with Gasteiger partial charge in [0.25, 0.3) is 0 Å². The molecule has 0 heterocycles. The van der Waals surface area contributed by atoms with E-state index in [4.69, 9.17) is 5.11 Å². The number of aliphatic carboxylic acids is 1. The lowest BCUT2D eigenvalue weighted by Crippen LogP contribution is -2.34. The Morgan fingerprint density at radius 3 is 2.08 bits per heavy atom. The molecule has 0 bridgehead atoms. The van der Waals surface area contributed by atoms with Gasteiger partial charge in [0, 0.05) is 32.6 Å². The number of carbonyl (C=O) groups is 2. The van der Waals surface area contributed by atoms with Crippen LogP contribution >= 0.6 is 0 Å². The Labute approximate surface area is 148 Å². The van der Waals surface area contributed by atoms with Crippen LogP contribution < -0.4 is 5.32 Å². The maximum atomic E-state index is 12.5. The van der Waals surface area contributed by atoms with Crippen LogP contribution in [0.2, 0.25) is 0 Å². The fourth-order valence-electron chi connectivity index (χ4n) is 2.51. The molecule has 5 nitrogen and oxygen atoms in total. The minimum absolute atomic E-state index is 0.0364. The molecule has 2 N–H and O–H groups in total. The topological polar surface area (TPSA) is 69.6 Å². The van der Waals surface area contributed by atoms with E-state index in [0.717, 1.165) is 5.56 Å². The van der Waals surface area contributed by atoms with Crippen LogP contribution in [0.3, 0.4) is 0 Å². The molecule has 0 aliphatic rings. The number of carboxylic acids is 1. The molecule has 25 heavy (non-hydrogen) atoms. The predicted octanol–water partition coefficient (Wildman–Crippen LogP) is 2.67. The molecule has 0 aliphatic heterocycles. The van der Waals surface area contributed by atoms with E-state index in [-0.39, 0.29) is 18.9 Å². The molecule has 0 aromatic heterocycles. The molecule has 0 atom stereocenters. The van der Waals surface area contributed by atoms with E-state index in [2.05, 4.69) is 5.32 Å². The highest BCUT2D eigenvalue weighted by Gasteiger charge is 2.15. The van der Waals surface area contributed by atoms with Crippen LogP contribution in [0.5, 0.6) is 0 Å². The minimum atomic E-state index is -0.895. The van der Waals surface area contributed by atoms with Crippen molar-refractivity contribution in [2.45, 2.75) is 25.9 Å². The smallest absolute Gasteiger partial charge is 0.305 e. The normalized spacial score (nSPS) is 10.4. The molecule has 132 valence electrons. The first kappa shape index (κ1) is 18.7. The van der Waals surface area contributed by atoms with Gasteiger partial charge in [0.1, 0.15) is 0 Å². The van der Waals surface area contributed by atoms with Crippen LogP contribution in [-0.4, -0.2) is 35.0 Å². The fraction of sp³-hybridized carbons (Fsp3) is 0.300. The molecular weight excluding hydrogens is 316 g/mol. The Kier molecular flexibility index (Phi) is 7.66. The second-order valence-electron chi connectivity index (χ2n) is 5.86. The third-order valence-electron chi connectivity index (χ3n) is 3.85. The summed E-state index contributed by atoms with van der Waals surface area (Å²) in [5.74, 6) is -0.932. The summed E-state index contributed by atoms with van der Waals surface area (Å²) in [6.45, 7) is 1.93. The summed E-state index contributed by atoms with van der Waals surface area (Å²) in [5.41, 5.74) is 2.17. The van der Waals surface area contributed by atoms with E-state index in [1.54, 1.807) is 4.90 Å². The van der Waals surface area contributed by atoms with Crippen molar-refractivity contribution in [1.29, 1.82) is 0 Å². The van der Waals surface area contributed by atoms with Crippen molar-refractivity contribution in [3.05, 3.63) is 71.8 Å². The Hall–Kier alpha value is -2.66. The van der Waals surface area contributed by atoms with Crippen molar-refractivity contribution >= 4 is 11.9 Å². The van der Waals surface area contributed by atoms with Crippen LogP contribution in [0.25, 0.3) is 0 Å². The Morgan fingerprint density at radius 1 is 0.880 bits per heavy atom. The van der Waals surface area contributed by atoms with Crippen molar-refractivity contribution in [3.8, 4) is 0 Å². The number of hydrogen-bond donors (Lipinski definition) is 2. The van der Waals surface area contributed by atoms with Gasteiger partial charge in [0.15, 0.2) is 0 Å². The maximum Gasteiger partial charge on any atom is 0.305 e. The van der Waals surface area contributed by atoms with E-state index in [1.807, 2.05) is 60.7 Å². The molecule has 2 rings (SSSR count). The van der Waals surface area contributed by atoms with E-state index >= 15 is 0 Å². The molecule has 0 aliphatic carbocycles. The fourth-order valence-corrected chi connectivity index (χ4v) is 2.51. The first-order chi connectivity index (χ1) is 12.1.